The van der Waals surface area contributed by atoms with Gasteiger partial charge in [0.15, 0.2) is 0 Å². The number of allylic oxidation sites excluding steroid dienone is 1. The van der Waals surface area contributed by atoms with Crippen molar-refractivity contribution in [1.29, 1.82) is 0 Å². The quantitative estimate of drug-likeness (QED) is 0.524. The third-order valence-electron chi connectivity index (χ3n) is 1.87. The van der Waals surface area contributed by atoms with Crippen LogP contribution in [0.1, 0.15) is 26.7 Å². The number of amidine groups is 1. The minimum Gasteiger partial charge on any atom is -0.481 e. The first-order valence-corrected chi connectivity index (χ1v) is 4.77. The van der Waals surface area contributed by atoms with E-state index in [4.69, 9.17) is 10.8 Å². The first-order valence-electron chi connectivity index (χ1n) is 4.77. The molecule has 0 bridgehead atoms. The molecule has 15 heavy (non-hydrogen) atoms. The number of nitrogens with two attached hydrogens (primary N) is 1. The summed E-state index contributed by atoms with van der Waals surface area (Å²) in [4.78, 5) is 14.1. The number of hydrogen-bond donors (Lipinski definition) is 2. The van der Waals surface area contributed by atoms with E-state index in [0.717, 1.165) is 0 Å². The van der Waals surface area contributed by atoms with Gasteiger partial charge in [-0.15, -0.1) is 0 Å². The molecule has 0 heterocycles. The Hall–Kier alpha value is -1.39. The summed E-state index contributed by atoms with van der Waals surface area (Å²) < 4.78 is 13.0. The summed E-state index contributed by atoms with van der Waals surface area (Å²) in [7, 11) is 0. The number of aliphatic imine (C=N–C) groups is 1. The van der Waals surface area contributed by atoms with Crippen LogP contribution in [0.25, 0.3) is 0 Å². The number of rotatable bonds is 6. The Kier molecular flexibility index (Phi) is 6.33. The number of halogens is 1. The maximum atomic E-state index is 13.0. The van der Waals surface area contributed by atoms with Crippen LogP contribution in [0, 0.1) is 5.92 Å². The number of aliphatic carboxylic acids is 1. The summed E-state index contributed by atoms with van der Waals surface area (Å²) in [6.45, 7) is 3.11. The molecular weight excluding hydrogens is 199 g/mol. The molecule has 0 radical (unpaired) electrons. The number of carbonyl (C=O) groups is 1. The smallest absolute Gasteiger partial charge is 0.306 e. The maximum absolute atomic E-state index is 13.0. The normalized spacial score (nSPS) is 15.1. The average molecular weight is 216 g/mol. The van der Waals surface area contributed by atoms with Gasteiger partial charge in [0.25, 0.3) is 0 Å². The first kappa shape index (κ1) is 13.6. The summed E-state index contributed by atoms with van der Waals surface area (Å²) >= 11 is 0. The van der Waals surface area contributed by atoms with Crippen molar-refractivity contribution >= 4 is 11.8 Å². The van der Waals surface area contributed by atoms with E-state index in [0.29, 0.717) is 18.7 Å². The van der Waals surface area contributed by atoms with Gasteiger partial charge < -0.3 is 10.8 Å². The van der Waals surface area contributed by atoms with Crippen molar-refractivity contribution in [3.63, 3.8) is 0 Å². The van der Waals surface area contributed by atoms with Crippen LogP contribution in [-0.4, -0.2) is 23.5 Å². The summed E-state index contributed by atoms with van der Waals surface area (Å²) in [5.74, 6) is -1.36. The molecule has 86 valence electrons. The van der Waals surface area contributed by atoms with Gasteiger partial charge in [0.1, 0.15) is 5.83 Å². The molecule has 0 saturated heterocycles. The highest BCUT2D eigenvalue weighted by Crippen LogP contribution is 2.08. The van der Waals surface area contributed by atoms with Gasteiger partial charge in [0, 0.05) is 0 Å². The fourth-order valence-corrected chi connectivity index (χ4v) is 0.878. The van der Waals surface area contributed by atoms with Crippen molar-refractivity contribution < 1.29 is 14.3 Å². The second-order valence-corrected chi connectivity index (χ2v) is 3.43. The van der Waals surface area contributed by atoms with Gasteiger partial charge in [-0.2, -0.15) is 0 Å². The third kappa shape index (κ3) is 7.66. The Morgan fingerprint density at radius 3 is 2.73 bits per heavy atom. The second-order valence-electron chi connectivity index (χ2n) is 3.43. The van der Waals surface area contributed by atoms with E-state index in [1.807, 2.05) is 0 Å². The lowest BCUT2D eigenvalue weighted by atomic mass is 10.1. The van der Waals surface area contributed by atoms with Crippen molar-refractivity contribution in [1.82, 2.24) is 0 Å². The molecule has 0 saturated carbocycles. The van der Waals surface area contributed by atoms with Gasteiger partial charge in [0.2, 0.25) is 0 Å². The molecule has 0 amide bonds. The predicted molar refractivity (Wildman–Crippen MR) is 57.4 cm³/mol. The van der Waals surface area contributed by atoms with Crippen LogP contribution in [0.15, 0.2) is 16.9 Å². The van der Waals surface area contributed by atoms with Crippen molar-refractivity contribution in [2.45, 2.75) is 26.7 Å². The molecule has 0 rings (SSSR count). The molecule has 3 N–H and O–H groups in total. The molecule has 0 aromatic carbocycles. The van der Waals surface area contributed by atoms with Crippen molar-refractivity contribution in [3.8, 4) is 0 Å². The monoisotopic (exact) mass is 216 g/mol. The lowest BCUT2D eigenvalue weighted by molar-refractivity contribution is -0.141. The van der Waals surface area contributed by atoms with Gasteiger partial charge in [-0.25, -0.2) is 4.39 Å². The Morgan fingerprint density at radius 2 is 2.27 bits per heavy atom. The molecule has 0 aromatic rings. The van der Waals surface area contributed by atoms with E-state index in [2.05, 4.69) is 4.99 Å². The minimum absolute atomic E-state index is 0.0657. The van der Waals surface area contributed by atoms with Gasteiger partial charge in [-0.1, -0.05) is 13.0 Å². The van der Waals surface area contributed by atoms with Crippen LogP contribution in [0.5, 0.6) is 0 Å². The highest BCUT2D eigenvalue weighted by atomic mass is 19.1. The van der Waals surface area contributed by atoms with E-state index < -0.39 is 11.9 Å². The van der Waals surface area contributed by atoms with Crippen molar-refractivity contribution in [3.05, 3.63) is 11.9 Å². The molecule has 0 unspecified atom stereocenters. The number of nitrogens with zero attached hydrogens (tertiary/aromatic N) is 1. The zero-order chi connectivity index (χ0) is 11.8. The Balaban J connectivity index is 3.86. The lowest BCUT2D eigenvalue weighted by Gasteiger charge is -2.02. The van der Waals surface area contributed by atoms with E-state index in [1.54, 1.807) is 13.8 Å². The summed E-state index contributed by atoms with van der Waals surface area (Å²) in [5, 5.41) is 8.57. The largest absolute Gasteiger partial charge is 0.481 e. The van der Waals surface area contributed by atoms with Gasteiger partial charge in [-0.3, -0.25) is 9.79 Å². The highest BCUT2D eigenvalue weighted by molar-refractivity contribution is 5.77. The Morgan fingerprint density at radius 1 is 1.67 bits per heavy atom. The van der Waals surface area contributed by atoms with Gasteiger partial charge in [-0.05, 0) is 19.8 Å². The van der Waals surface area contributed by atoms with E-state index in [1.165, 1.54) is 6.08 Å². The van der Waals surface area contributed by atoms with E-state index in [9.17, 15) is 9.18 Å². The van der Waals surface area contributed by atoms with E-state index >= 15 is 0 Å². The van der Waals surface area contributed by atoms with Crippen LogP contribution in [-0.2, 0) is 4.79 Å². The molecule has 4 nitrogen and oxygen atoms in total. The summed E-state index contributed by atoms with van der Waals surface area (Å²) in [6, 6.07) is 0. The molecule has 5 heteroatoms. The first-order chi connectivity index (χ1) is 6.93. The average Bonchev–Trinajstić information content (AvgIpc) is 2.14. The zero-order valence-electron chi connectivity index (χ0n) is 9.03. The third-order valence-corrected chi connectivity index (χ3v) is 1.87. The van der Waals surface area contributed by atoms with Crippen LogP contribution in [0.4, 0.5) is 4.39 Å². The van der Waals surface area contributed by atoms with Gasteiger partial charge >= 0.3 is 5.97 Å². The van der Waals surface area contributed by atoms with Gasteiger partial charge in [0.05, 0.1) is 18.3 Å². The Labute approximate surface area is 88.7 Å². The molecule has 0 aliphatic carbocycles. The van der Waals surface area contributed by atoms with Crippen LogP contribution in [0.3, 0.4) is 0 Å². The van der Waals surface area contributed by atoms with Crippen LogP contribution >= 0.6 is 0 Å². The minimum atomic E-state index is -0.861. The van der Waals surface area contributed by atoms with E-state index in [-0.39, 0.29) is 12.4 Å². The molecule has 1 atom stereocenters. The standard InChI is InChI=1S/C10H17FN2O2/c1-7(10(14)15)4-3-5-9(11)6-13-8(2)12/h5,7H,3-4,6H2,1-2H3,(H2,12,13)(H,14,15)/b9-5-/t7-/m0/s1. The predicted octanol–water partition coefficient (Wildman–Crippen LogP) is 1.72. The molecule has 0 fully saturated rings. The van der Waals surface area contributed by atoms with Crippen molar-refractivity contribution in [2.75, 3.05) is 6.54 Å². The van der Waals surface area contributed by atoms with Crippen LogP contribution < -0.4 is 5.73 Å². The number of hydrogen-bond acceptors (Lipinski definition) is 2. The highest BCUT2D eigenvalue weighted by Gasteiger charge is 2.08. The molecule has 0 spiro atoms. The number of carboxylic acid groups (broad SMARTS) is 1. The number of carboxylic acids is 1. The molecule has 0 aliphatic rings. The summed E-state index contributed by atoms with van der Waals surface area (Å²) in [6.07, 6.45) is 2.18. The summed E-state index contributed by atoms with van der Waals surface area (Å²) in [5.41, 5.74) is 5.24. The fraction of sp³-hybridized carbons (Fsp3) is 0.600. The fourth-order valence-electron chi connectivity index (χ4n) is 0.878. The zero-order valence-corrected chi connectivity index (χ0v) is 9.03. The SMILES string of the molecule is CC(N)=NC/C(F)=C/CC[C@H](C)C(=O)O. The lowest BCUT2D eigenvalue weighted by Crippen LogP contribution is -2.08. The topological polar surface area (TPSA) is 75.7 Å². The molecule has 0 aliphatic heterocycles. The molecule has 0 aromatic heterocycles. The Bertz CT molecular complexity index is 271. The molecular formula is C10H17FN2O2. The van der Waals surface area contributed by atoms with Crippen molar-refractivity contribution in [2.24, 2.45) is 16.6 Å². The second kappa shape index (κ2) is 6.98. The maximum Gasteiger partial charge on any atom is 0.306 e. The van der Waals surface area contributed by atoms with Crippen LogP contribution in [0.2, 0.25) is 0 Å².